The van der Waals surface area contributed by atoms with E-state index in [1.54, 1.807) is 0 Å². The van der Waals surface area contributed by atoms with E-state index in [9.17, 15) is 4.79 Å². The zero-order chi connectivity index (χ0) is 12.1. The Morgan fingerprint density at radius 1 is 1.33 bits per heavy atom. The minimum absolute atomic E-state index is 0. The van der Waals surface area contributed by atoms with E-state index in [0.29, 0.717) is 11.8 Å². The monoisotopic (exact) mass is 310 g/mol. The van der Waals surface area contributed by atoms with Gasteiger partial charge in [-0.2, -0.15) is 23.5 Å². The Balaban J connectivity index is 0.00000162. The molecule has 2 aliphatic rings. The van der Waals surface area contributed by atoms with Crippen LogP contribution in [0.5, 0.6) is 0 Å². The van der Waals surface area contributed by atoms with Crippen LogP contribution in [0, 0.1) is 5.41 Å². The van der Waals surface area contributed by atoms with Crippen molar-refractivity contribution in [3.63, 3.8) is 0 Å². The minimum atomic E-state index is -0.244. The molecule has 1 saturated heterocycles. The molecule has 1 aliphatic heterocycles. The molecule has 0 aromatic rings. The van der Waals surface area contributed by atoms with E-state index in [0.717, 1.165) is 32.2 Å². The van der Waals surface area contributed by atoms with E-state index in [4.69, 9.17) is 5.73 Å². The molecule has 0 aromatic carbocycles. The van der Waals surface area contributed by atoms with Crippen LogP contribution in [-0.2, 0) is 4.79 Å². The maximum absolute atomic E-state index is 12.2. The SMILES string of the molecule is Cl.NCC1(C(=O)NCC2CSCCS2)CCCC1. The summed E-state index contributed by atoms with van der Waals surface area (Å²) in [5.41, 5.74) is 5.56. The van der Waals surface area contributed by atoms with Crippen LogP contribution in [0.15, 0.2) is 0 Å². The predicted octanol–water partition coefficient (Wildman–Crippen LogP) is 1.89. The third-order valence-corrected chi connectivity index (χ3v) is 6.65. The summed E-state index contributed by atoms with van der Waals surface area (Å²) in [6.45, 7) is 1.32. The van der Waals surface area contributed by atoms with Crippen LogP contribution in [0.3, 0.4) is 0 Å². The van der Waals surface area contributed by atoms with Gasteiger partial charge in [0.05, 0.1) is 5.41 Å². The first-order valence-corrected chi connectivity index (χ1v) is 8.65. The Bertz CT molecular complexity index is 267. The number of thioether (sulfide) groups is 2. The molecule has 2 fully saturated rings. The summed E-state index contributed by atoms with van der Waals surface area (Å²) < 4.78 is 0. The molecule has 1 saturated carbocycles. The second-order valence-corrected chi connectivity index (χ2v) is 7.53. The molecule has 0 bridgehead atoms. The fourth-order valence-corrected chi connectivity index (χ4v) is 5.24. The summed E-state index contributed by atoms with van der Waals surface area (Å²) in [7, 11) is 0. The molecular formula is C12H23ClN2OS2. The van der Waals surface area contributed by atoms with Gasteiger partial charge in [0.15, 0.2) is 0 Å². The van der Waals surface area contributed by atoms with Gasteiger partial charge < -0.3 is 11.1 Å². The predicted molar refractivity (Wildman–Crippen MR) is 83.8 cm³/mol. The van der Waals surface area contributed by atoms with Gasteiger partial charge in [-0.25, -0.2) is 0 Å². The summed E-state index contributed by atoms with van der Waals surface area (Å²) in [4.78, 5) is 12.2. The lowest BCUT2D eigenvalue weighted by atomic mass is 9.85. The fraction of sp³-hybridized carbons (Fsp3) is 0.917. The summed E-state index contributed by atoms with van der Waals surface area (Å²) in [5, 5.41) is 3.72. The van der Waals surface area contributed by atoms with Crippen LogP contribution in [0.25, 0.3) is 0 Å². The number of carbonyl (C=O) groups is 1. The van der Waals surface area contributed by atoms with Gasteiger partial charge in [0.1, 0.15) is 0 Å². The van der Waals surface area contributed by atoms with E-state index in [2.05, 4.69) is 5.32 Å². The van der Waals surface area contributed by atoms with Gasteiger partial charge >= 0.3 is 0 Å². The molecule has 18 heavy (non-hydrogen) atoms. The zero-order valence-corrected chi connectivity index (χ0v) is 13.1. The van der Waals surface area contributed by atoms with Gasteiger partial charge in [0, 0.05) is 35.6 Å². The Hall–Kier alpha value is 0.420. The second-order valence-electron chi connectivity index (χ2n) is 4.97. The number of amides is 1. The van der Waals surface area contributed by atoms with Crippen LogP contribution in [0.1, 0.15) is 25.7 Å². The average Bonchev–Trinajstić information content (AvgIpc) is 2.87. The molecular weight excluding hydrogens is 288 g/mol. The molecule has 1 unspecified atom stereocenters. The van der Waals surface area contributed by atoms with Crippen LogP contribution >= 0.6 is 35.9 Å². The molecule has 1 aliphatic carbocycles. The first kappa shape index (κ1) is 16.5. The maximum Gasteiger partial charge on any atom is 0.227 e. The van der Waals surface area contributed by atoms with E-state index in [1.807, 2.05) is 23.5 Å². The van der Waals surface area contributed by atoms with Crippen molar-refractivity contribution < 1.29 is 4.79 Å². The number of hydrogen-bond donors (Lipinski definition) is 2. The Morgan fingerprint density at radius 3 is 2.61 bits per heavy atom. The van der Waals surface area contributed by atoms with E-state index < -0.39 is 0 Å². The number of nitrogens with one attached hydrogen (secondary N) is 1. The molecule has 2 rings (SSSR count). The highest BCUT2D eigenvalue weighted by molar-refractivity contribution is 8.06. The average molecular weight is 311 g/mol. The van der Waals surface area contributed by atoms with Crippen LogP contribution in [-0.4, -0.2) is 41.5 Å². The van der Waals surface area contributed by atoms with Crippen LogP contribution in [0.2, 0.25) is 0 Å². The molecule has 106 valence electrons. The quantitative estimate of drug-likeness (QED) is 0.832. The molecule has 3 nitrogen and oxygen atoms in total. The smallest absolute Gasteiger partial charge is 0.227 e. The first-order chi connectivity index (χ1) is 8.27. The van der Waals surface area contributed by atoms with Crippen LogP contribution < -0.4 is 11.1 Å². The topological polar surface area (TPSA) is 55.1 Å². The molecule has 6 heteroatoms. The standard InChI is InChI=1S/C12H22N2OS2.ClH/c13-9-12(3-1-2-4-12)11(15)14-7-10-8-16-5-6-17-10;/h10H,1-9,13H2,(H,14,15);1H. The number of carbonyl (C=O) groups excluding carboxylic acids is 1. The third kappa shape index (κ3) is 3.95. The third-order valence-electron chi connectivity index (χ3n) is 3.81. The van der Waals surface area contributed by atoms with Crippen molar-refractivity contribution in [3.8, 4) is 0 Å². The number of nitrogens with two attached hydrogens (primary N) is 1. The van der Waals surface area contributed by atoms with Gasteiger partial charge in [-0.15, -0.1) is 12.4 Å². The summed E-state index contributed by atoms with van der Waals surface area (Å²) in [5.74, 6) is 3.84. The number of halogens is 1. The summed E-state index contributed by atoms with van der Waals surface area (Å²) in [6.07, 6.45) is 4.25. The Kier molecular flexibility index (Phi) is 7.21. The molecule has 0 spiro atoms. The minimum Gasteiger partial charge on any atom is -0.354 e. The first-order valence-electron chi connectivity index (χ1n) is 6.44. The lowest BCUT2D eigenvalue weighted by Gasteiger charge is -2.28. The zero-order valence-electron chi connectivity index (χ0n) is 10.7. The molecule has 1 atom stereocenters. The van der Waals surface area contributed by atoms with E-state index in [1.165, 1.54) is 17.3 Å². The highest BCUT2D eigenvalue weighted by Gasteiger charge is 2.39. The Labute approximate surface area is 124 Å². The summed E-state index contributed by atoms with van der Waals surface area (Å²) >= 11 is 3.98. The highest BCUT2D eigenvalue weighted by Crippen LogP contribution is 2.37. The highest BCUT2D eigenvalue weighted by atomic mass is 35.5. The van der Waals surface area contributed by atoms with Crippen molar-refractivity contribution in [1.29, 1.82) is 0 Å². The summed E-state index contributed by atoms with van der Waals surface area (Å²) in [6, 6.07) is 0. The lowest BCUT2D eigenvalue weighted by molar-refractivity contribution is -0.130. The van der Waals surface area contributed by atoms with Gasteiger partial charge in [0.2, 0.25) is 5.91 Å². The lowest BCUT2D eigenvalue weighted by Crippen LogP contribution is -2.46. The maximum atomic E-state index is 12.2. The molecule has 3 N–H and O–H groups in total. The largest absolute Gasteiger partial charge is 0.354 e. The Morgan fingerprint density at radius 2 is 2.06 bits per heavy atom. The van der Waals surface area contributed by atoms with E-state index in [-0.39, 0.29) is 23.7 Å². The van der Waals surface area contributed by atoms with E-state index >= 15 is 0 Å². The number of rotatable bonds is 4. The van der Waals surface area contributed by atoms with Crippen LogP contribution in [0.4, 0.5) is 0 Å². The second kappa shape index (κ2) is 7.88. The van der Waals surface area contributed by atoms with Gasteiger partial charge in [-0.05, 0) is 12.8 Å². The van der Waals surface area contributed by atoms with Crippen molar-refractivity contribution in [3.05, 3.63) is 0 Å². The van der Waals surface area contributed by atoms with Gasteiger partial charge in [0.25, 0.3) is 0 Å². The van der Waals surface area contributed by atoms with Gasteiger partial charge in [-0.1, -0.05) is 12.8 Å². The van der Waals surface area contributed by atoms with Gasteiger partial charge in [-0.3, -0.25) is 4.79 Å². The molecule has 1 heterocycles. The van der Waals surface area contributed by atoms with Crippen molar-refractivity contribution in [2.45, 2.75) is 30.9 Å². The number of hydrogen-bond acceptors (Lipinski definition) is 4. The van der Waals surface area contributed by atoms with Crippen molar-refractivity contribution in [2.24, 2.45) is 11.1 Å². The fourth-order valence-electron chi connectivity index (χ4n) is 2.62. The van der Waals surface area contributed by atoms with Crippen molar-refractivity contribution in [1.82, 2.24) is 5.32 Å². The molecule has 0 aromatic heterocycles. The van der Waals surface area contributed by atoms with Crippen molar-refractivity contribution in [2.75, 3.05) is 30.3 Å². The molecule has 0 radical (unpaired) electrons. The van der Waals surface area contributed by atoms with Crippen molar-refractivity contribution >= 4 is 41.8 Å². The molecule has 1 amide bonds. The normalized spacial score (nSPS) is 26.4.